The van der Waals surface area contributed by atoms with Crippen molar-refractivity contribution in [3.63, 3.8) is 0 Å². The summed E-state index contributed by atoms with van der Waals surface area (Å²) < 4.78 is 2.04. The molecule has 0 aromatic carbocycles. The van der Waals surface area contributed by atoms with Crippen molar-refractivity contribution in [2.24, 2.45) is 5.73 Å². The highest BCUT2D eigenvalue weighted by molar-refractivity contribution is 5.37. The van der Waals surface area contributed by atoms with Gasteiger partial charge in [0, 0.05) is 18.3 Å². The normalized spacial score (nSPS) is 25.6. The maximum atomic E-state index is 6.04. The Morgan fingerprint density at radius 3 is 3.11 bits per heavy atom. The summed E-state index contributed by atoms with van der Waals surface area (Å²) in [6.07, 6.45) is 6.64. The molecule has 1 aliphatic rings. The monoisotopic (exact) mass is 259 g/mol. The van der Waals surface area contributed by atoms with Gasteiger partial charge in [-0.3, -0.25) is 4.40 Å². The summed E-state index contributed by atoms with van der Waals surface area (Å²) in [6.45, 7) is 2.14. The summed E-state index contributed by atoms with van der Waals surface area (Å²) in [4.78, 5) is 0. The van der Waals surface area contributed by atoms with Crippen LogP contribution in [0.3, 0.4) is 0 Å². The Kier molecular flexibility index (Phi) is 3.48. The minimum absolute atomic E-state index is 0.188. The van der Waals surface area contributed by atoms with Crippen LogP contribution in [0.4, 0.5) is 0 Å². The van der Waals surface area contributed by atoms with Gasteiger partial charge >= 0.3 is 0 Å². The lowest BCUT2D eigenvalue weighted by Crippen LogP contribution is -2.40. The van der Waals surface area contributed by atoms with Gasteiger partial charge in [0.2, 0.25) is 0 Å². The van der Waals surface area contributed by atoms with E-state index in [4.69, 9.17) is 5.73 Å². The zero-order chi connectivity index (χ0) is 13.2. The van der Waals surface area contributed by atoms with Crippen molar-refractivity contribution in [1.29, 1.82) is 0 Å². The van der Waals surface area contributed by atoms with Gasteiger partial charge in [-0.25, -0.2) is 0 Å². The molecule has 0 amide bonds. The number of pyridine rings is 1. The number of hydrogen-bond donors (Lipinski definition) is 2. The number of nitrogens with one attached hydrogen (secondary N) is 1. The zero-order valence-corrected chi connectivity index (χ0v) is 11.3. The molecule has 3 unspecified atom stereocenters. The number of hydrogen-bond acceptors (Lipinski definition) is 4. The van der Waals surface area contributed by atoms with Crippen molar-refractivity contribution in [2.45, 2.75) is 50.7 Å². The van der Waals surface area contributed by atoms with Gasteiger partial charge in [0.05, 0.1) is 6.04 Å². The van der Waals surface area contributed by atoms with Crippen LogP contribution in [0, 0.1) is 0 Å². The first-order valence-corrected chi connectivity index (χ1v) is 7.05. The summed E-state index contributed by atoms with van der Waals surface area (Å²) in [5, 5.41) is 12.1. The van der Waals surface area contributed by atoms with E-state index in [-0.39, 0.29) is 6.04 Å². The third-order valence-corrected chi connectivity index (χ3v) is 3.93. The third-order valence-electron chi connectivity index (χ3n) is 3.93. The molecule has 5 heteroatoms. The van der Waals surface area contributed by atoms with E-state index in [9.17, 15) is 0 Å². The fraction of sp³-hybridized carbons (Fsp3) is 0.571. The fourth-order valence-corrected chi connectivity index (χ4v) is 2.96. The predicted octanol–water partition coefficient (Wildman–Crippen LogP) is 1.65. The molecule has 1 fully saturated rings. The molecule has 0 saturated heterocycles. The lowest BCUT2D eigenvalue weighted by molar-refractivity contribution is 0.314. The molecular formula is C14H21N5. The molecule has 0 radical (unpaired) electrons. The van der Waals surface area contributed by atoms with Crippen molar-refractivity contribution in [3.05, 3.63) is 30.2 Å². The van der Waals surface area contributed by atoms with E-state index >= 15 is 0 Å². The molecule has 3 N–H and O–H groups in total. The Hall–Kier alpha value is -1.46. The largest absolute Gasteiger partial charge is 0.328 e. The van der Waals surface area contributed by atoms with Crippen LogP contribution in [-0.2, 0) is 0 Å². The van der Waals surface area contributed by atoms with Gasteiger partial charge in [0.25, 0.3) is 0 Å². The van der Waals surface area contributed by atoms with Gasteiger partial charge in [-0.1, -0.05) is 12.5 Å². The molecular weight excluding hydrogens is 238 g/mol. The quantitative estimate of drug-likeness (QED) is 0.879. The second kappa shape index (κ2) is 5.27. The summed E-state index contributed by atoms with van der Waals surface area (Å²) in [5.74, 6) is 0.967. The van der Waals surface area contributed by atoms with Crippen LogP contribution in [0.25, 0.3) is 5.65 Å². The van der Waals surface area contributed by atoms with E-state index in [1.165, 1.54) is 12.8 Å². The average Bonchev–Trinajstić information content (AvgIpc) is 2.82. The minimum Gasteiger partial charge on any atom is -0.328 e. The molecule has 3 atom stereocenters. The molecule has 2 aromatic rings. The summed E-state index contributed by atoms with van der Waals surface area (Å²) in [6, 6.07) is 6.98. The van der Waals surface area contributed by atoms with Crippen LogP contribution in [-0.4, -0.2) is 26.7 Å². The second-order valence-electron chi connectivity index (χ2n) is 5.50. The van der Waals surface area contributed by atoms with Crippen LogP contribution >= 0.6 is 0 Å². The van der Waals surface area contributed by atoms with E-state index < -0.39 is 0 Å². The number of nitrogens with two attached hydrogens (primary N) is 1. The Bertz CT molecular complexity index is 550. The van der Waals surface area contributed by atoms with Gasteiger partial charge in [0.1, 0.15) is 0 Å². The highest BCUT2D eigenvalue weighted by Crippen LogP contribution is 2.20. The van der Waals surface area contributed by atoms with Crippen molar-refractivity contribution in [3.8, 4) is 0 Å². The van der Waals surface area contributed by atoms with Crippen molar-refractivity contribution in [1.82, 2.24) is 19.9 Å². The first-order valence-electron chi connectivity index (χ1n) is 7.05. The van der Waals surface area contributed by atoms with E-state index in [2.05, 4.69) is 22.4 Å². The number of aromatic nitrogens is 3. The highest BCUT2D eigenvalue weighted by atomic mass is 15.3. The maximum Gasteiger partial charge on any atom is 0.160 e. The van der Waals surface area contributed by atoms with Gasteiger partial charge < -0.3 is 11.1 Å². The Balaban J connectivity index is 1.74. The molecule has 0 aliphatic heterocycles. The molecule has 0 spiro atoms. The molecule has 0 bridgehead atoms. The van der Waals surface area contributed by atoms with Crippen LogP contribution in [0.15, 0.2) is 24.4 Å². The van der Waals surface area contributed by atoms with Gasteiger partial charge in [-0.2, -0.15) is 0 Å². The summed E-state index contributed by atoms with van der Waals surface area (Å²) >= 11 is 0. The second-order valence-corrected chi connectivity index (χ2v) is 5.50. The van der Waals surface area contributed by atoms with Crippen molar-refractivity contribution >= 4 is 5.65 Å². The molecule has 1 saturated carbocycles. The molecule has 19 heavy (non-hydrogen) atoms. The topological polar surface area (TPSA) is 68.2 Å². The minimum atomic E-state index is 0.188. The number of fused-ring (bicyclic) bond motifs is 1. The standard InChI is InChI=1S/C14H21N5/c1-10(16-12-6-4-5-11(15)9-12)14-18-17-13-7-2-3-8-19(13)14/h2-3,7-8,10-12,16H,4-6,9,15H2,1H3. The van der Waals surface area contributed by atoms with E-state index in [0.717, 1.165) is 24.3 Å². The van der Waals surface area contributed by atoms with Gasteiger partial charge in [-0.15, -0.1) is 10.2 Å². The van der Waals surface area contributed by atoms with Gasteiger partial charge in [-0.05, 0) is 38.3 Å². The molecule has 5 nitrogen and oxygen atoms in total. The lowest BCUT2D eigenvalue weighted by Gasteiger charge is -2.29. The van der Waals surface area contributed by atoms with Crippen LogP contribution < -0.4 is 11.1 Å². The van der Waals surface area contributed by atoms with E-state index in [1.807, 2.05) is 28.8 Å². The van der Waals surface area contributed by atoms with Crippen molar-refractivity contribution < 1.29 is 0 Å². The average molecular weight is 259 g/mol. The van der Waals surface area contributed by atoms with E-state index in [0.29, 0.717) is 12.1 Å². The molecule has 3 rings (SSSR count). The Morgan fingerprint density at radius 2 is 2.26 bits per heavy atom. The molecule has 1 aliphatic carbocycles. The highest BCUT2D eigenvalue weighted by Gasteiger charge is 2.22. The molecule has 102 valence electrons. The summed E-state index contributed by atoms with van der Waals surface area (Å²) in [5.41, 5.74) is 6.93. The lowest BCUT2D eigenvalue weighted by atomic mass is 9.91. The predicted molar refractivity (Wildman–Crippen MR) is 74.8 cm³/mol. The maximum absolute atomic E-state index is 6.04. The smallest absolute Gasteiger partial charge is 0.160 e. The van der Waals surface area contributed by atoms with Crippen LogP contribution in [0.2, 0.25) is 0 Å². The fourth-order valence-electron chi connectivity index (χ4n) is 2.96. The first-order chi connectivity index (χ1) is 9.24. The number of rotatable bonds is 3. The molecule has 2 heterocycles. The van der Waals surface area contributed by atoms with Crippen LogP contribution in [0.5, 0.6) is 0 Å². The van der Waals surface area contributed by atoms with Crippen molar-refractivity contribution in [2.75, 3.05) is 0 Å². The van der Waals surface area contributed by atoms with Crippen LogP contribution in [0.1, 0.15) is 44.5 Å². The SMILES string of the molecule is CC(NC1CCCC(N)C1)c1nnc2ccccn12. The Morgan fingerprint density at radius 1 is 1.37 bits per heavy atom. The van der Waals surface area contributed by atoms with E-state index in [1.54, 1.807) is 0 Å². The first kappa shape index (κ1) is 12.6. The third kappa shape index (κ3) is 2.62. The van der Waals surface area contributed by atoms with Gasteiger partial charge in [0.15, 0.2) is 11.5 Å². The summed E-state index contributed by atoms with van der Waals surface area (Å²) in [7, 11) is 0. The molecule has 2 aromatic heterocycles. The zero-order valence-electron chi connectivity index (χ0n) is 11.3. The number of nitrogens with zero attached hydrogens (tertiary/aromatic N) is 3. The Labute approximate surface area is 113 Å².